The summed E-state index contributed by atoms with van der Waals surface area (Å²) in [5.41, 5.74) is 0.581. The molecule has 0 saturated carbocycles. The van der Waals surface area contributed by atoms with E-state index in [4.69, 9.17) is 9.47 Å². The van der Waals surface area contributed by atoms with Crippen LogP contribution in [-0.4, -0.2) is 32.6 Å². The molecule has 0 spiro atoms. The summed E-state index contributed by atoms with van der Waals surface area (Å²) in [7, 11) is 3.06. The molecule has 2 N–H and O–H groups in total. The van der Waals surface area contributed by atoms with E-state index in [1.165, 1.54) is 14.0 Å². The van der Waals surface area contributed by atoms with Crippen molar-refractivity contribution in [3.05, 3.63) is 18.2 Å². The van der Waals surface area contributed by atoms with Crippen molar-refractivity contribution in [2.24, 2.45) is 0 Å². The van der Waals surface area contributed by atoms with Gasteiger partial charge in [0.15, 0.2) is 11.5 Å². The van der Waals surface area contributed by atoms with E-state index in [0.717, 1.165) is 0 Å². The summed E-state index contributed by atoms with van der Waals surface area (Å²) in [4.78, 5) is 22.3. The fraction of sp³-hybridized carbons (Fsp3) is 0.385. The molecule has 0 radical (unpaired) electrons. The van der Waals surface area contributed by atoms with Crippen molar-refractivity contribution in [2.45, 2.75) is 13.3 Å². The Kier molecular flexibility index (Phi) is 5.66. The first-order chi connectivity index (χ1) is 9.06. The van der Waals surface area contributed by atoms with E-state index >= 15 is 0 Å². The first-order valence-electron chi connectivity index (χ1n) is 5.83. The summed E-state index contributed by atoms with van der Waals surface area (Å²) in [6.07, 6.45) is 0.319. The molecule has 0 aliphatic heterocycles. The van der Waals surface area contributed by atoms with Crippen LogP contribution < -0.4 is 20.1 Å². The van der Waals surface area contributed by atoms with Crippen molar-refractivity contribution in [1.82, 2.24) is 5.32 Å². The highest BCUT2D eigenvalue weighted by Gasteiger charge is 2.07. The molecule has 0 aromatic heterocycles. The highest BCUT2D eigenvalue weighted by molar-refractivity contribution is 5.90. The number of hydrogen-bond acceptors (Lipinski definition) is 4. The molecule has 104 valence electrons. The van der Waals surface area contributed by atoms with Gasteiger partial charge in [-0.25, -0.2) is 4.79 Å². The van der Waals surface area contributed by atoms with E-state index in [-0.39, 0.29) is 11.8 Å². The molecule has 0 saturated heterocycles. The maximum absolute atomic E-state index is 11.5. The van der Waals surface area contributed by atoms with Gasteiger partial charge in [-0.15, -0.1) is 0 Å². The van der Waals surface area contributed by atoms with Crippen molar-refractivity contribution in [1.29, 1.82) is 0 Å². The number of ketones is 1. The number of nitrogens with one attached hydrogen (secondary N) is 2. The van der Waals surface area contributed by atoms with Crippen LogP contribution in [0.2, 0.25) is 0 Å². The molecule has 1 aromatic carbocycles. The number of benzene rings is 1. The zero-order valence-corrected chi connectivity index (χ0v) is 11.3. The van der Waals surface area contributed by atoms with E-state index in [0.29, 0.717) is 30.2 Å². The van der Waals surface area contributed by atoms with Crippen molar-refractivity contribution in [2.75, 3.05) is 26.1 Å². The summed E-state index contributed by atoms with van der Waals surface area (Å²) in [6.45, 7) is 1.79. The number of anilines is 1. The lowest BCUT2D eigenvalue weighted by molar-refractivity contribution is -0.116. The number of ether oxygens (including phenoxy) is 2. The highest BCUT2D eigenvalue weighted by atomic mass is 16.5. The van der Waals surface area contributed by atoms with Gasteiger partial charge in [0.25, 0.3) is 0 Å². The number of carbonyl (C=O) groups is 2. The lowest BCUT2D eigenvalue weighted by Crippen LogP contribution is -2.30. The van der Waals surface area contributed by atoms with Crippen LogP contribution in [0.1, 0.15) is 13.3 Å². The molecule has 1 aromatic rings. The van der Waals surface area contributed by atoms with Crippen LogP contribution in [0.3, 0.4) is 0 Å². The molecule has 0 aliphatic carbocycles. The fourth-order valence-electron chi connectivity index (χ4n) is 1.44. The van der Waals surface area contributed by atoms with Crippen LogP contribution >= 0.6 is 0 Å². The molecule has 0 fully saturated rings. The fourth-order valence-corrected chi connectivity index (χ4v) is 1.44. The summed E-state index contributed by atoms with van der Waals surface area (Å²) >= 11 is 0. The molecule has 2 amide bonds. The Hall–Kier alpha value is -2.24. The van der Waals surface area contributed by atoms with E-state index in [1.807, 2.05) is 0 Å². The average Bonchev–Trinajstić information content (AvgIpc) is 2.38. The Morgan fingerprint density at radius 3 is 2.42 bits per heavy atom. The minimum absolute atomic E-state index is 0.0337. The second kappa shape index (κ2) is 7.25. The SMILES string of the molecule is COc1ccc(NC(=O)NCCC(C)=O)cc1OC. The quantitative estimate of drug-likeness (QED) is 0.823. The smallest absolute Gasteiger partial charge is 0.319 e. The van der Waals surface area contributed by atoms with Gasteiger partial charge in [-0.1, -0.05) is 0 Å². The van der Waals surface area contributed by atoms with Gasteiger partial charge < -0.3 is 20.1 Å². The van der Waals surface area contributed by atoms with Gasteiger partial charge >= 0.3 is 6.03 Å². The maximum atomic E-state index is 11.5. The van der Waals surface area contributed by atoms with Gasteiger partial charge in [0.1, 0.15) is 5.78 Å². The normalized spacial score (nSPS) is 9.63. The predicted octanol–water partition coefficient (Wildman–Crippen LogP) is 1.80. The number of carbonyl (C=O) groups excluding carboxylic acids is 2. The largest absolute Gasteiger partial charge is 0.493 e. The Morgan fingerprint density at radius 1 is 1.16 bits per heavy atom. The molecule has 0 heterocycles. The van der Waals surface area contributed by atoms with E-state index in [9.17, 15) is 9.59 Å². The Labute approximate surface area is 112 Å². The van der Waals surface area contributed by atoms with Gasteiger partial charge in [0, 0.05) is 24.7 Å². The number of hydrogen-bond donors (Lipinski definition) is 2. The lowest BCUT2D eigenvalue weighted by Gasteiger charge is -2.11. The van der Waals surface area contributed by atoms with Crippen LogP contribution in [-0.2, 0) is 4.79 Å². The Morgan fingerprint density at radius 2 is 1.84 bits per heavy atom. The van der Waals surface area contributed by atoms with E-state index in [2.05, 4.69) is 10.6 Å². The van der Waals surface area contributed by atoms with Gasteiger partial charge in [0.05, 0.1) is 14.2 Å². The Bertz CT molecular complexity index is 460. The monoisotopic (exact) mass is 266 g/mol. The van der Waals surface area contributed by atoms with Gasteiger partial charge in [0.2, 0.25) is 0 Å². The second-order valence-electron chi connectivity index (χ2n) is 3.90. The van der Waals surface area contributed by atoms with Crippen molar-refractivity contribution >= 4 is 17.5 Å². The van der Waals surface area contributed by atoms with E-state index in [1.54, 1.807) is 25.3 Å². The topological polar surface area (TPSA) is 76.7 Å². The third-order valence-corrected chi connectivity index (χ3v) is 2.40. The summed E-state index contributed by atoms with van der Waals surface area (Å²) in [6, 6.07) is 4.69. The van der Waals surface area contributed by atoms with Crippen molar-refractivity contribution in [3.8, 4) is 11.5 Å². The summed E-state index contributed by atoms with van der Waals surface area (Å²) in [5, 5.41) is 5.23. The van der Waals surface area contributed by atoms with Gasteiger partial charge in [-0.05, 0) is 19.1 Å². The zero-order chi connectivity index (χ0) is 14.3. The molecule has 19 heavy (non-hydrogen) atoms. The predicted molar refractivity (Wildman–Crippen MR) is 71.9 cm³/mol. The first kappa shape index (κ1) is 14.8. The molecule has 0 aliphatic rings. The minimum atomic E-state index is -0.367. The Balaban J connectivity index is 2.57. The van der Waals surface area contributed by atoms with Crippen LogP contribution in [0.25, 0.3) is 0 Å². The zero-order valence-electron chi connectivity index (χ0n) is 11.3. The van der Waals surface area contributed by atoms with Crippen LogP contribution in [0.4, 0.5) is 10.5 Å². The molecule has 0 unspecified atom stereocenters. The standard InChI is InChI=1S/C13H18N2O4/c1-9(16)6-7-14-13(17)15-10-4-5-11(18-2)12(8-10)19-3/h4-5,8H,6-7H2,1-3H3,(H2,14,15,17). The van der Waals surface area contributed by atoms with Crippen molar-refractivity contribution < 1.29 is 19.1 Å². The van der Waals surface area contributed by atoms with Crippen LogP contribution in [0.5, 0.6) is 11.5 Å². The van der Waals surface area contributed by atoms with Crippen LogP contribution in [0.15, 0.2) is 18.2 Å². The second-order valence-corrected chi connectivity index (χ2v) is 3.90. The van der Waals surface area contributed by atoms with Gasteiger partial charge in [-0.2, -0.15) is 0 Å². The van der Waals surface area contributed by atoms with E-state index < -0.39 is 0 Å². The average molecular weight is 266 g/mol. The van der Waals surface area contributed by atoms with Gasteiger partial charge in [-0.3, -0.25) is 4.79 Å². The molecule has 0 atom stereocenters. The van der Waals surface area contributed by atoms with Crippen molar-refractivity contribution in [3.63, 3.8) is 0 Å². The minimum Gasteiger partial charge on any atom is -0.493 e. The highest BCUT2D eigenvalue weighted by Crippen LogP contribution is 2.29. The molecule has 1 rings (SSSR count). The molecule has 6 heteroatoms. The summed E-state index contributed by atoms with van der Waals surface area (Å²) < 4.78 is 10.2. The molecular weight excluding hydrogens is 248 g/mol. The summed E-state index contributed by atoms with van der Waals surface area (Å²) in [5.74, 6) is 1.15. The lowest BCUT2D eigenvalue weighted by atomic mass is 10.2. The van der Waals surface area contributed by atoms with Crippen LogP contribution in [0, 0.1) is 0 Å². The number of methoxy groups -OCH3 is 2. The first-order valence-corrected chi connectivity index (χ1v) is 5.83. The maximum Gasteiger partial charge on any atom is 0.319 e. The molecule has 0 bridgehead atoms. The third-order valence-electron chi connectivity index (χ3n) is 2.40. The number of urea groups is 1. The third kappa shape index (κ3) is 4.87. The number of amides is 2. The molecule has 6 nitrogen and oxygen atoms in total. The molecular formula is C13H18N2O4. The number of Topliss-reactive ketones (excluding diaryl/α,β-unsaturated/α-hetero) is 1. The number of rotatable bonds is 6.